The molecule has 3 aromatic rings. The van der Waals surface area contributed by atoms with Crippen LogP contribution in [0.4, 0.5) is 24.5 Å². The minimum Gasteiger partial charge on any atom is -0.304 e. The molecule has 2 aliphatic rings. The molecule has 8 nitrogen and oxygen atoms in total. The molecule has 220 valence electrons. The van der Waals surface area contributed by atoms with E-state index in [4.69, 9.17) is 11.6 Å². The van der Waals surface area contributed by atoms with E-state index in [0.29, 0.717) is 17.9 Å². The maximum Gasteiger partial charge on any atom is 0.471 e. The molecule has 2 saturated heterocycles. The third kappa shape index (κ3) is 7.30. The zero-order valence-electron chi connectivity index (χ0n) is 22.7. The molecule has 2 amide bonds. The summed E-state index contributed by atoms with van der Waals surface area (Å²) in [4.78, 5) is 39.2. The van der Waals surface area contributed by atoms with Gasteiger partial charge in [0.2, 0.25) is 0 Å². The number of alkyl halides is 3. The number of benzene rings is 2. The Balaban J connectivity index is 1.34. The number of nitrogens with zero attached hydrogens (tertiary/aromatic N) is 5. The number of pyridine rings is 1. The number of anilines is 1. The molecule has 3 heterocycles. The number of nitrogens with one attached hydrogen (secondary N) is 1. The van der Waals surface area contributed by atoms with E-state index in [1.165, 1.54) is 18.2 Å². The van der Waals surface area contributed by atoms with Crippen LogP contribution in [-0.4, -0.2) is 84.3 Å². The van der Waals surface area contributed by atoms with Crippen molar-refractivity contribution in [2.45, 2.75) is 12.6 Å². The number of thioether (sulfide) groups is 1. The molecule has 13 heteroatoms. The summed E-state index contributed by atoms with van der Waals surface area (Å²) in [7, 11) is 2.03. The summed E-state index contributed by atoms with van der Waals surface area (Å²) in [5.41, 5.74) is 1.79. The van der Waals surface area contributed by atoms with Gasteiger partial charge in [-0.15, -0.1) is 0 Å². The second-order valence-electron chi connectivity index (χ2n) is 10.0. The molecule has 2 aromatic carbocycles. The first-order valence-corrected chi connectivity index (χ1v) is 14.5. The van der Waals surface area contributed by atoms with Crippen molar-refractivity contribution in [1.82, 2.24) is 20.1 Å². The Labute approximate surface area is 250 Å². The lowest BCUT2D eigenvalue weighted by atomic mass is 10.1. The van der Waals surface area contributed by atoms with Crippen molar-refractivity contribution in [1.29, 1.82) is 0 Å². The van der Waals surface area contributed by atoms with E-state index in [-0.39, 0.29) is 34.0 Å². The number of likely N-dealkylation sites (N-methyl/N-ethyl adjacent to an activating group) is 1. The minimum atomic E-state index is -5.05. The van der Waals surface area contributed by atoms with Crippen LogP contribution >= 0.6 is 23.4 Å². The standard InChI is InChI=1S/C29H28ClF3N6O2S/c1-37-12-14-38(15-13-37)10-3-11-39(27(41)29(31,32)33)21-6-7-22(30)24(18-21)35-28-36-26(40)25(42-28)17-19-5-8-23-20(16-19)4-2-9-34-23/h2,4-9,16-18H,3,10-15H2,1H3,(H,35,36,40). The summed E-state index contributed by atoms with van der Waals surface area (Å²) in [6, 6.07) is 13.5. The lowest BCUT2D eigenvalue weighted by Gasteiger charge is -2.33. The van der Waals surface area contributed by atoms with Gasteiger partial charge < -0.3 is 20.0 Å². The van der Waals surface area contributed by atoms with Gasteiger partial charge in [0, 0.05) is 50.0 Å². The van der Waals surface area contributed by atoms with Crippen molar-refractivity contribution in [2.24, 2.45) is 4.99 Å². The summed E-state index contributed by atoms with van der Waals surface area (Å²) in [6.07, 6.45) is -1.26. The third-order valence-electron chi connectivity index (χ3n) is 6.98. The van der Waals surface area contributed by atoms with Gasteiger partial charge in [0.05, 0.1) is 21.1 Å². The maximum atomic E-state index is 13.5. The van der Waals surface area contributed by atoms with Crippen LogP contribution in [-0.2, 0) is 9.59 Å². The van der Waals surface area contributed by atoms with Gasteiger partial charge in [0.15, 0.2) is 5.17 Å². The Morgan fingerprint density at radius 3 is 2.71 bits per heavy atom. The molecule has 1 aromatic heterocycles. The predicted octanol–water partition coefficient (Wildman–Crippen LogP) is 5.31. The quantitative estimate of drug-likeness (QED) is 0.362. The zero-order chi connectivity index (χ0) is 29.9. The number of amidine groups is 1. The fourth-order valence-corrected chi connectivity index (χ4v) is 5.70. The van der Waals surface area contributed by atoms with Gasteiger partial charge >= 0.3 is 12.1 Å². The average molecular weight is 617 g/mol. The highest BCUT2D eigenvalue weighted by Crippen LogP contribution is 2.35. The largest absolute Gasteiger partial charge is 0.471 e. The number of carbonyl (C=O) groups excluding carboxylic acids is 2. The number of carbonyl (C=O) groups is 2. The summed E-state index contributed by atoms with van der Waals surface area (Å²) in [5.74, 6) is -2.32. The van der Waals surface area contributed by atoms with E-state index in [0.717, 1.165) is 59.3 Å². The maximum absolute atomic E-state index is 13.5. The van der Waals surface area contributed by atoms with Crippen LogP contribution in [0.1, 0.15) is 12.0 Å². The van der Waals surface area contributed by atoms with Gasteiger partial charge in [-0.05, 0) is 79.8 Å². The van der Waals surface area contributed by atoms with Crippen LogP contribution in [0.15, 0.2) is 64.6 Å². The molecular formula is C29H28ClF3N6O2S. The smallest absolute Gasteiger partial charge is 0.304 e. The number of amides is 2. The van der Waals surface area contributed by atoms with Gasteiger partial charge in [0.25, 0.3) is 5.91 Å². The number of halogens is 4. The number of piperazine rings is 1. The van der Waals surface area contributed by atoms with Crippen molar-refractivity contribution in [3.63, 3.8) is 0 Å². The van der Waals surface area contributed by atoms with Crippen LogP contribution in [0.3, 0.4) is 0 Å². The number of hydrogen-bond donors (Lipinski definition) is 1. The van der Waals surface area contributed by atoms with Crippen LogP contribution in [0.5, 0.6) is 0 Å². The van der Waals surface area contributed by atoms with Crippen molar-refractivity contribution < 1.29 is 22.8 Å². The van der Waals surface area contributed by atoms with Gasteiger partial charge in [-0.2, -0.15) is 13.2 Å². The van der Waals surface area contributed by atoms with Crippen molar-refractivity contribution in [3.8, 4) is 0 Å². The summed E-state index contributed by atoms with van der Waals surface area (Å²) < 4.78 is 40.6. The fourth-order valence-electron chi connectivity index (χ4n) is 4.70. The number of rotatable bonds is 7. The number of aromatic nitrogens is 1. The fraction of sp³-hybridized carbons (Fsp3) is 0.310. The molecule has 0 unspecified atom stereocenters. The Bertz CT molecular complexity index is 1560. The monoisotopic (exact) mass is 616 g/mol. The first kappa shape index (κ1) is 30.0. The van der Waals surface area contributed by atoms with E-state index in [1.54, 1.807) is 12.3 Å². The lowest BCUT2D eigenvalue weighted by Crippen LogP contribution is -2.46. The molecule has 0 saturated carbocycles. The van der Waals surface area contributed by atoms with E-state index < -0.39 is 12.1 Å². The molecule has 0 atom stereocenters. The van der Waals surface area contributed by atoms with Gasteiger partial charge in [-0.25, -0.2) is 4.99 Å². The second kappa shape index (κ2) is 12.8. The molecule has 0 bridgehead atoms. The Kier molecular flexibility index (Phi) is 9.16. The predicted molar refractivity (Wildman–Crippen MR) is 161 cm³/mol. The number of hydrogen-bond acceptors (Lipinski definition) is 7. The molecule has 1 N–H and O–H groups in total. The Morgan fingerprint density at radius 2 is 1.95 bits per heavy atom. The zero-order valence-corrected chi connectivity index (χ0v) is 24.3. The van der Waals surface area contributed by atoms with Crippen molar-refractivity contribution >= 4 is 68.7 Å². The van der Waals surface area contributed by atoms with Crippen LogP contribution in [0.2, 0.25) is 5.02 Å². The average Bonchev–Trinajstić information content (AvgIpc) is 3.30. The molecule has 0 spiro atoms. The van der Waals surface area contributed by atoms with E-state index in [9.17, 15) is 22.8 Å². The van der Waals surface area contributed by atoms with Crippen LogP contribution in [0, 0.1) is 0 Å². The summed E-state index contributed by atoms with van der Waals surface area (Å²) in [6.45, 7) is 3.87. The first-order chi connectivity index (χ1) is 20.1. The highest BCUT2D eigenvalue weighted by atomic mass is 35.5. The molecule has 2 aliphatic heterocycles. The Morgan fingerprint density at radius 1 is 1.17 bits per heavy atom. The topological polar surface area (TPSA) is 81.1 Å². The number of aliphatic imine (C=N–C) groups is 1. The minimum absolute atomic E-state index is 0.0225. The Hall–Kier alpha value is -3.45. The lowest BCUT2D eigenvalue weighted by molar-refractivity contribution is -0.170. The normalized spacial score (nSPS) is 18.6. The SMILES string of the molecule is CN1CCN(CCCN(C(=O)C(F)(F)F)c2ccc(Cl)c(N=C3NC(=O)C(=Cc4ccc5ncccc5c4)S3)c2)CC1. The van der Waals surface area contributed by atoms with E-state index in [1.807, 2.05) is 37.4 Å². The highest BCUT2D eigenvalue weighted by molar-refractivity contribution is 8.18. The van der Waals surface area contributed by atoms with E-state index in [2.05, 4.69) is 25.1 Å². The first-order valence-electron chi connectivity index (χ1n) is 13.3. The molecule has 42 heavy (non-hydrogen) atoms. The molecule has 0 aliphatic carbocycles. The van der Waals surface area contributed by atoms with Crippen molar-refractivity contribution in [2.75, 3.05) is 51.2 Å². The van der Waals surface area contributed by atoms with Crippen LogP contribution < -0.4 is 10.2 Å². The molecule has 2 fully saturated rings. The van der Waals surface area contributed by atoms with E-state index >= 15 is 0 Å². The van der Waals surface area contributed by atoms with Crippen molar-refractivity contribution in [3.05, 3.63) is 70.2 Å². The third-order valence-corrected chi connectivity index (χ3v) is 8.21. The highest BCUT2D eigenvalue weighted by Gasteiger charge is 2.43. The molecule has 0 radical (unpaired) electrons. The second-order valence-corrected chi connectivity index (χ2v) is 11.5. The van der Waals surface area contributed by atoms with Gasteiger partial charge in [0.1, 0.15) is 0 Å². The number of fused-ring (bicyclic) bond motifs is 1. The summed E-state index contributed by atoms with van der Waals surface area (Å²) >= 11 is 7.42. The van der Waals surface area contributed by atoms with Gasteiger partial charge in [-0.3, -0.25) is 14.6 Å². The molecular weight excluding hydrogens is 589 g/mol. The molecule has 5 rings (SSSR count). The van der Waals surface area contributed by atoms with Gasteiger partial charge in [-0.1, -0.05) is 23.7 Å². The summed E-state index contributed by atoms with van der Waals surface area (Å²) in [5, 5.41) is 3.98. The van der Waals surface area contributed by atoms with Crippen LogP contribution in [0.25, 0.3) is 17.0 Å².